The average Bonchev–Trinajstić information content (AvgIpc) is 2.96. The molecule has 1 N–H and O–H groups in total. The molecule has 96 valence electrons. The summed E-state index contributed by atoms with van der Waals surface area (Å²) in [6, 6.07) is 0.756. The maximum Gasteiger partial charge on any atom is 0.205 e. The van der Waals surface area contributed by atoms with Crippen LogP contribution in [0.15, 0.2) is 0 Å². The fourth-order valence-corrected chi connectivity index (χ4v) is 3.15. The fraction of sp³-hybridized carbons (Fsp3) is 0.833. The zero-order chi connectivity index (χ0) is 12.1. The molecular formula is C12H22N4S. The Balaban J connectivity index is 1.87. The average molecular weight is 254 g/mol. The lowest BCUT2D eigenvalue weighted by Gasteiger charge is -2.21. The highest BCUT2D eigenvalue weighted by atomic mass is 32.1. The maximum absolute atomic E-state index is 4.27. The Labute approximate surface area is 107 Å². The third-order valence-corrected chi connectivity index (χ3v) is 4.17. The number of hydrogen-bond donors (Lipinski definition) is 1. The molecule has 1 saturated heterocycles. The Kier molecular flexibility index (Phi) is 4.74. The van der Waals surface area contributed by atoms with E-state index in [9.17, 15) is 0 Å². The molecule has 1 aliphatic heterocycles. The van der Waals surface area contributed by atoms with Gasteiger partial charge in [-0.05, 0) is 32.2 Å². The van der Waals surface area contributed by atoms with Crippen molar-refractivity contribution in [1.82, 2.24) is 15.1 Å². The number of likely N-dealkylation sites (tertiary alicyclic amines) is 1. The molecule has 0 saturated carbocycles. The van der Waals surface area contributed by atoms with Gasteiger partial charge in [0.2, 0.25) is 5.13 Å². The normalized spacial score (nSPS) is 20.9. The molecule has 17 heavy (non-hydrogen) atoms. The lowest BCUT2D eigenvalue weighted by molar-refractivity contribution is 0.239. The summed E-state index contributed by atoms with van der Waals surface area (Å²) in [6.45, 7) is 7.61. The van der Waals surface area contributed by atoms with Gasteiger partial charge in [-0.2, -0.15) is 0 Å². The predicted octanol–water partition coefficient (Wildman–Crippen LogP) is 2.73. The minimum Gasteiger partial charge on any atom is -0.360 e. The van der Waals surface area contributed by atoms with Crippen LogP contribution in [-0.2, 0) is 6.54 Å². The summed E-state index contributed by atoms with van der Waals surface area (Å²) in [4.78, 5) is 2.55. The van der Waals surface area contributed by atoms with Crippen LogP contribution in [0, 0.1) is 0 Å². The van der Waals surface area contributed by atoms with Crippen LogP contribution < -0.4 is 5.32 Å². The zero-order valence-electron chi connectivity index (χ0n) is 10.8. The van der Waals surface area contributed by atoms with E-state index in [1.54, 1.807) is 11.3 Å². The van der Waals surface area contributed by atoms with Gasteiger partial charge in [-0.25, -0.2) is 0 Å². The first-order valence-electron chi connectivity index (χ1n) is 6.63. The van der Waals surface area contributed by atoms with Crippen molar-refractivity contribution in [2.75, 3.05) is 18.4 Å². The Morgan fingerprint density at radius 3 is 3.06 bits per heavy atom. The third-order valence-electron chi connectivity index (χ3n) is 3.30. The molecule has 1 atom stereocenters. The Bertz CT molecular complexity index is 339. The van der Waals surface area contributed by atoms with E-state index in [4.69, 9.17) is 0 Å². The van der Waals surface area contributed by atoms with Crippen molar-refractivity contribution < 1.29 is 0 Å². The van der Waals surface area contributed by atoms with Crippen LogP contribution in [-0.4, -0.2) is 34.2 Å². The van der Waals surface area contributed by atoms with Gasteiger partial charge in [-0.15, -0.1) is 10.2 Å². The van der Waals surface area contributed by atoms with Crippen molar-refractivity contribution in [2.45, 2.75) is 52.1 Å². The first-order valence-corrected chi connectivity index (χ1v) is 7.45. The van der Waals surface area contributed by atoms with Crippen molar-refractivity contribution in [3.05, 3.63) is 5.01 Å². The second-order valence-electron chi connectivity index (χ2n) is 4.60. The summed E-state index contributed by atoms with van der Waals surface area (Å²) in [6.07, 6.45) is 5.05. The van der Waals surface area contributed by atoms with E-state index in [2.05, 4.69) is 34.3 Å². The Morgan fingerprint density at radius 2 is 2.29 bits per heavy atom. The van der Waals surface area contributed by atoms with E-state index in [0.29, 0.717) is 0 Å². The van der Waals surface area contributed by atoms with Crippen LogP contribution in [0.2, 0.25) is 0 Å². The number of rotatable bonds is 6. The molecule has 0 radical (unpaired) electrons. The van der Waals surface area contributed by atoms with Gasteiger partial charge in [0, 0.05) is 12.6 Å². The van der Waals surface area contributed by atoms with Crippen LogP contribution in [0.25, 0.3) is 0 Å². The van der Waals surface area contributed by atoms with Gasteiger partial charge in [-0.3, -0.25) is 4.90 Å². The van der Waals surface area contributed by atoms with E-state index in [1.807, 2.05) is 0 Å². The minimum atomic E-state index is 0.756. The highest BCUT2D eigenvalue weighted by molar-refractivity contribution is 7.15. The zero-order valence-corrected chi connectivity index (χ0v) is 11.6. The van der Waals surface area contributed by atoms with Crippen molar-refractivity contribution in [2.24, 2.45) is 0 Å². The molecular weight excluding hydrogens is 232 g/mol. The molecule has 0 amide bonds. The lowest BCUT2D eigenvalue weighted by atomic mass is 10.2. The van der Waals surface area contributed by atoms with Crippen molar-refractivity contribution in [1.29, 1.82) is 0 Å². The summed E-state index contributed by atoms with van der Waals surface area (Å²) in [5.74, 6) is 0. The van der Waals surface area contributed by atoms with Crippen LogP contribution in [0.1, 0.15) is 44.5 Å². The number of nitrogens with zero attached hydrogens (tertiary/aromatic N) is 3. The van der Waals surface area contributed by atoms with Crippen LogP contribution in [0.3, 0.4) is 0 Å². The summed E-state index contributed by atoms with van der Waals surface area (Å²) in [5, 5.41) is 13.8. The summed E-state index contributed by atoms with van der Waals surface area (Å²) < 4.78 is 0. The summed E-state index contributed by atoms with van der Waals surface area (Å²) in [7, 11) is 0. The van der Waals surface area contributed by atoms with Gasteiger partial charge in [0.15, 0.2) is 0 Å². The highest BCUT2D eigenvalue weighted by Gasteiger charge is 2.23. The van der Waals surface area contributed by atoms with Gasteiger partial charge < -0.3 is 5.32 Å². The molecule has 0 bridgehead atoms. The van der Waals surface area contributed by atoms with Crippen LogP contribution in [0.5, 0.6) is 0 Å². The Morgan fingerprint density at radius 1 is 1.41 bits per heavy atom. The van der Waals surface area contributed by atoms with E-state index in [0.717, 1.165) is 35.7 Å². The number of aromatic nitrogens is 2. The molecule has 1 aromatic rings. The molecule has 1 aromatic heterocycles. The molecule has 4 nitrogen and oxygen atoms in total. The van der Waals surface area contributed by atoms with E-state index in [1.165, 1.54) is 25.8 Å². The molecule has 1 aliphatic rings. The fourth-order valence-electron chi connectivity index (χ4n) is 2.36. The molecule has 0 aliphatic carbocycles. The third kappa shape index (κ3) is 3.39. The smallest absolute Gasteiger partial charge is 0.205 e. The quantitative estimate of drug-likeness (QED) is 0.847. The standard InChI is InChI=1S/C12H22N4S/c1-3-7-13-12-15-14-11(17-12)9-16-8-5-6-10(16)4-2/h10H,3-9H2,1-2H3,(H,13,15). The molecule has 1 fully saturated rings. The van der Waals surface area contributed by atoms with E-state index >= 15 is 0 Å². The van der Waals surface area contributed by atoms with Crippen molar-refractivity contribution >= 4 is 16.5 Å². The number of nitrogens with one attached hydrogen (secondary N) is 1. The van der Waals surface area contributed by atoms with E-state index in [-0.39, 0.29) is 0 Å². The number of anilines is 1. The monoisotopic (exact) mass is 254 g/mol. The lowest BCUT2D eigenvalue weighted by Crippen LogP contribution is -2.28. The van der Waals surface area contributed by atoms with Gasteiger partial charge >= 0.3 is 0 Å². The highest BCUT2D eigenvalue weighted by Crippen LogP contribution is 2.24. The predicted molar refractivity (Wildman–Crippen MR) is 72.4 cm³/mol. The van der Waals surface area contributed by atoms with Gasteiger partial charge in [0.1, 0.15) is 5.01 Å². The van der Waals surface area contributed by atoms with Gasteiger partial charge in [0.25, 0.3) is 0 Å². The minimum absolute atomic E-state index is 0.756. The maximum atomic E-state index is 4.27. The second-order valence-corrected chi connectivity index (χ2v) is 5.66. The molecule has 2 rings (SSSR count). The summed E-state index contributed by atoms with van der Waals surface area (Å²) >= 11 is 1.70. The van der Waals surface area contributed by atoms with Gasteiger partial charge in [-0.1, -0.05) is 25.2 Å². The molecule has 0 spiro atoms. The largest absolute Gasteiger partial charge is 0.360 e. The van der Waals surface area contributed by atoms with Crippen LogP contribution >= 0.6 is 11.3 Å². The van der Waals surface area contributed by atoms with Crippen molar-refractivity contribution in [3.63, 3.8) is 0 Å². The van der Waals surface area contributed by atoms with Gasteiger partial charge in [0.05, 0.1) is 6.54 Å². The topological polar surface area (TPSA) is 41.1 Å². The number of hydrogen-bond acceptors (Lipinski definition) is 5. The first-order chi connectivity index (χ1) is 8.33. The van der Waals surface area contributed by atoms with E-state index < -0.39 is 0 Å². The van der Waals surface area contributed by atoms with Crippen molar-refractivity contribution in [3.8, 4) is 0 Å². The summed E-state index contributed by atoms with van der Waals surface area (Å²) in [5.41, 5.74) is 0. The molecule has 0 aromatic carbocycles. The van der Waals surface area contributed by atoms with Crippen LogP contribution in [0.4, 0.5) is 5.13 Å². The molecule has 5 heteroatoms. The first kappa shape index (κ1) is 12.8. The second kappa shape index (κ2) is 6.31. The SMILES string of the molecule is CCCNc1nnc(CN2CCCC2CC)s1. The Hall–Kier alpha value is -0.680. The molecule has 2 heterocycles. The molecule has 1 unspecified atom stereocenters.